The molecule has 1 saturated heterocycles. The molecule has 2 aliphatic rings. The number of nitrogens with one attached hydrogen (secondary N) is 1. The molecule has 4 rings (SSSR count). The Kier molecular flexibility index (Phi) is 3.66. The van der Waals surface area contributed by atoms with Gasteiger partial charge in [0.15, 0.2) is 11.5 Å². The van der Waals surface area contributed by atoms with Gasteiger partial charge in [0.05, 0.1) is 37.0 Å². The van der Waals surface area contributed by atoms with E-state index in [1.165, 1.54) is 6.26 Å². The van der Waals surface area contributed by atoms with Crippen molar-refractivity contribution in [1.29, 1.82) is 0 Å². The quantitative estimate of drug-likeness (QED) is 0.621. The van der Waals surface area contributed by atoms with Crippen molar-refractivity contribution >= 4 is 11.7 Å². The first kappa shape index (κ1) is 15.6. The summed E-state index contributed by atoms with van der Waals surface area (Å²) >= 11 is 0. The van der Waals surface area contributed by atoms with Crippen LogP contribution in [0.2, 0.25) is 0 Å². The van der Waals surface area contributed by atoms with Gasteiger partial charge in [0.1, 0.15) is 6.26 Å². The molecule has 0 saturated carbocycles. The number of hydrogen-bond acceptors (Lipinski definition) is 7. The number of carbonyl (C=O) groups is 1. The summed E-state index contributed by atoms with van der Waals surface area (Å²) in [5.74, 6) is 1.03. The standard InChI is InChI=1S/C16H18N6O3/c1-16(24)9-21(10-16)15(23)12-8-25-14(18-12)6-11-7-22(20-19-11)13-4-2-3-5-17-13/h2-5,7-8,19-20,24H,6,9-10H2,1H3/p+1. The molecule has 25 heavy (non-hydrogen) atoms. The first-order chi connectivity index (χ1) is 12.0. The first-order valence-corrected chi connectivity index (χ1v) is 7.96. The fourth-order valence-corrected chi connectivity index (χ4v) is 2.87. The molecule has 9 nitrogen and oxygen atoms in total. The Morgan fingerprint density at radius 3 is 3.04 bits per heavy atom. The Labute approximate surface area is 143 Å². The van der Waals surface area contributed by atoms with Gasteiger partial charge in [-0.15, -0.1) is 5.53 Å². The van der Waals surface area contributed by atoms with Crippen molar-refractivity contribution < 1.29 is 19.9 Å². The van der Waals surface area contributed by atoms with Gasteiger partial charge in [0.25, 0.3) is 5.91 Å². The summed E-state index contributed by atoms with van der Waals surface area (Å²) in [6.45, 7) is 2.33. The predicted octanol–water partition coefficient (Wildman–Crippen LogP) is -0.836. The number of nitrogens with zero attached hydrogens (tertiary/aromatic N) is 4. The van der Waals surface area contributed by atoms with E-state index in [-0.39, 0.29) is 11.6 Å². The molecule has 1 fully saturated rings. The van der Waals surface area contributed by atoms with Crippen LogP contribution in [0.5, 0.6) is 0 Å². The normalized spacial score (nSPS) is 18.6. The van der Waals surface area contributed by atoms with E-state index in [1.54, 1.807) is 23.6 Å². The Hall–Kier alpha value is -2.91. The van der Waals surface area contributed by atoms with E-state index in [0.29, 0.717) is 25.4 Å². The average molecular weight is 343 g/mol. The van der Waals surface area contributed by atoms with Gasteiger partial charge in [-0.3, -0.25) is 4.79 Å². The van der Waals surface area contributed by atoms with Crippen molar-refractivity contribution in [2.24, 2.45) is 0 Å². The van der Waals surface area contributed by atoms with E-state index >= 15 is 0 Å². The largest absolute Gasteiger partial charge is 0.448 e. The van der Waals surface area contributed by atoms with E-state index in [9.17, 15) is 9.90 Å². The zero-order chi connectivity index (χ0) is 17.4. The maximum absolute atomic E-state index is 12.2. The van der Waals surface area contributed by atoms with Gasteiger partial charge < -0.3 is 14.4 Å². The van der Waals surface area contributed by atoms with Crippen molar-refractivity contribution in [3.05, 3.63) is 54.1 Å². The van der Waals surface area contributed by atoms with E-state index < -0.39 is 5.60 Å². The van der Waals surface area contributed by atoms with Gasteiger partial charge in [0, 0.05) is 6.20 Å². The number of quaternary nitrogens is 1. The Morgan fingerprint density at radius 2 is 2.32 bits per heavy atom. The van der Waals surface area contributed by atoms with Crippen molar-refractivity contribution in [3.8, 4) is 0 Å². The van der Waals surface area contributed by atoms with E-state index in [2.05, 4.69) is 15.4 Å². The third-order valence-electron chi connectivity index (χ3n) is 4.06. The summed E-state index contributed by atoms with van der Waals surface area (Å²) in [4.78, 5) is 22.3. The highest BCUT2D eigenvalue weighted by atomic mass is 16.3. The fraction of sp³-hybridized carbons (Fsp3) is 0.312. The Bertz CT molecular complexity index is 808. The number of β-amino-alcohol motifs (C(OH)–C–C–N with tert-alkyl or cyclic N) is 1. The molecule has 1 amide bonds. The van der Waals surface area contributed by atoms with Crippen molar-refractivity contribution in [2.45, 2.75) is 18.9 Å². The van der Waals surface area contributed by atoms with Crippen LogP contribution in [0.25, 0.3) is 0 Å². The minimum absolute atomic E-state index is 0.225. The molecule has 130 valence electrons. The number of oxazole rings is 1. The Morgan fingerprint density at radius 1 is 1.48 bits per heavy atom. The van der Waals surface area contributed by atoms with Gasteiger partial charge >= 0.3 is 0 Å². The topological polar surface area (TPSA) is 111 Å². The fourth-order valence-electron chi connectivity index (χ4n) is 2.87. The highest BCUT2D eigenvalue weighted by molar-refractivity contribution is 5.92. The van der Waals surface area contributed by atoms with Gasteiger partial charge in [-0.1, -0.05) is 6.07 Å². The van der Waals surface area contributed by atoms with Crippen LogP contribution in [-0.4, -0.2) is 44.6 Å². The van der Waals surface area contributed by atoms with Crippen molar-refractivity contribution in [2.75, 3.05) is 18.1 Å². The first-order valence-electron chi connectivity index (χ1n) is 7.96. The summed E-state index contributed by atoms with van der Waals surface area (Å²) in [6.07, 6.45) is 5.43. The summed E-state index contributed by atoms with van der Waals surface area (Å²) in [5.41, 5.74) is 5.29. The minimum atomic E-state index is -0.800. The number of likely N-dealkylation sites (tertiary alicyclic amines) is 1. The second-order valence-corrected chi connectivity index (χ2v) is 6.48. The van der Waals surface area contributed by atoms with Crippen LogP contribution in [-0.2, 0) is 6.42 Å². The molecule has 0 unspecified atom stereocenters. The highest BCUT2D eigenvalue weighted by Crippen LogP contribution is 2.22. The van der Waals surface area contributed by atoms with Crippen molar-refractivity contribution in [1.82, 2.24) is 20.3 Å². The third kappa shape index (κ3) is 3.19. The molecule has 0 bridgehead atoms. The van der Waals surface area contributed by atoms with Gasteiger partial charge in [-0.2, -0.15) is 5.01 Å². The number of anilines is 1. The predicted molar refractivity (Wildman–Crippen MR) is 86.6 cm³/mol. The van der Waals surface area contributed by atoms with Crippen LogP contribution in [0, 0.1) is 0 Å². The maximum Gasteiger partial charge on any atom is 0.276 e. The third-order valence-corrected chi connectivity index (χ3v) is 4.06. The molecule has 4 N–H and O–H groups in total. The summed E-state index contributed by atoms with van der Waals surface area (Å²) in [7, 11) is 0. The number of aromatic nitrogens is 2. The number of rotatable bonds is 4. The maximum atomic E-state index is 12.2. The van der Waals surface area contributed by atoms with Crippen LogP contribution in [0.1, 0.15) is 23.3 Å². The smallest absolute Gasteiger partial charge is 0.276 e. The Balaban J connectivity index is 1.39. The van der Waals surface area contributed by atoms with E-state index in [1.807, 2.05) is 29.4 Å². The van der Waals surface area contributed by atoms with Gasteiger partial charge in [0.2, 0.25) is 5.89 Å². The second-order valence-electron chi connectivity index (χ2n) is 6.48. The lowest BCUT2D eigenvalue weighted by Gasteiger charge is -2.43. The van der Waals surface area contributed by atoms with Crippen LogP contribution in [0.4, 0.5) is 5.82 Å². The van der Waals surface area contributed by atoms with Gasteiger partial charge in [-0.25, -0.2) is 15.4 Å². The van der Waals surface area contributed by atoms with E-state index in [4.69, 9.17) is 4.42 Å². The molecular formula is C16H19N6O3+. The zero-order valence-corrected chi connectivity index (χ0v) is 13.7. The van der Waals surface area contributed by atoms with Crippen LogP contribution >= 0.6 is 0 Å². The molecule has 0 spiro atoms. The number of pyridine rings is 1. The molecule has 0 atom stereocenters. The van der Waals surface area contributed by atoms with Crippen LogP contribution in [0.15, 0.2) is 47.0 Å². The van der Waals surface area contributed by atoms with Crippen LogP contribution < -0.4 is 16.0 Å². The van der Waals surface area contributed by atoms with Gasteiger partial charge in [-0.05, 0) is 19.1 Å². The molecular weight excluding hydrogens is 324 g/mol. The molecule has 0 radical (unpaired) electrons. The number of carbonyl (C=O) groups excluding carboxylic acids is 1. The highest BCUT2D eigenvalue weighted by Gasteiger charge is 2.40. The zero-order valence-electron chi connectivity index (χ0n) is 13.7. The SMILES string of the molecule is CC1(O)CN(C(=O)c2coc(CC3=CN(c4ccccn4)[NH2+]N3)n2)C1. The molecule has 0 aliphatic carbocycles. The number of amides is 1. The summed E-state index contributed by atoms with van der Waals surface area (Å²) in [6, 6.07) is 5.68. The second kappa shape index (κ2) is 5.87. The number of allylic oxidation sites excluding steroid dienone is 1. The molecule has 2 aromatic rings. The summed E-state index contributed by atoms with van der Waals surface area (Å²) < 4.78 is 5.41. The molecule has 2 aliphatic heterocycles. The minimum Gasteiger partial charge on any atom is -0.448 e. The average Bonchev–Trinajstić information content (AvgIpc) is 3.23. The number of aliphatic hydroxyl groups is 1. The molecule has 4 heterocycles. The molecule has 0 aromatic carbocycles. The summed E-state index contributed by atoms with van der Waals surface area (Å²) in [5, 5.41) is 11.6. The lowest BCUT2D eigenvalue weighted by molar-refractivity contribution is -0.700. The van der Waals surface area contributed by atoms with Crippen molar-refractivity contribution in [3.63, 3.8) is 0 Å². The lowest BCUT2D eigenvalue weighted by atomic mass is 9.97. The monoisotopic (exact) mass is 343 g/mol. The molecule has 2 aromatic heterocycles. The van der Waals surface area contributed by atoms with Crippen LogP contribution in [0.3, 0.4) is 0 Å². The molecule has 9 heteroatoms. The number of hydrogen-bond donors (Lipinski definition) is 3. The number of nitrogens with two attached hydrogens (primary N) is 1. The lowest BCUT2D eigenvalue weighted by Crippen LogP contribution is -2.97. The van der Waals surface area contributed by atoms with E-state index in [0.717, 1.165) is 11.5 Å².